The summed E-state index contributed by atoms with van der Waals surface area (Å²) in [6.07, 6.45) is 5.09. The number of nitrogens with one attached hydrogen (secondary N) is 1. The van der Waals surface area contributed by atoms with E-state index in [1.165, 1.54) is 17.5 Å². The number of hydrogen-bond acceptors (Lipinski definition) is 2. The Morgan fingerprint density at radius 1 is 1.24 bits per heavy atom. The number of rotatable bonds is 0. The molecule has 2 heteroatoms. The average molecular weight is 227 g/mol. The molecule has 0 saturated carbocycles. The first kappa shape index (κ1) is 9.86. The van der Waals surface area contributed by atoms with E-state index in [0.29, 0.717) is 18.1 Å². The van der Waals surface area contributed by atoms with E-state index in [9.17, 15) is 0 Å². The molecule has 1 aromatic carbocycles. The second-order valence-electron chi connectivity index (χ2n) is 5.27. The van der Waals surface area contributed by atoms with Crippen LogP contribution in [0.1, 0.15) is 29.9 Å². The zero-order valence-electron chi connectivity index (χ0n) is 9.86. The van der Waals surface area contributed by atoms with Crippen molar-refractivity contribution in [2.24, 2.45) is 0 Å². The van der Waals surface area contributed by atoms with E-state index in [1.807, 2.05) is 0 Å². The van der Waals surface area contributed by atoms with Gasteiger partial charge in [0.15, 0.2) is 0 Å². The Balaban J connectivity index is 1.82. The Bertz CT molecular complexity index is 480. The second kappa shape index (κ2) is 3.69. The summed E-state index contributed by atoms with van der Waals surface area (Å²) in [5.41, 5.74) is 4.49. The summed E-state index contributed by atoms with van der Waals surface area (Å²) in [5.74, 6) is 0.530. The van der Waals surface area contributed by atoms with Gasteiger partial charge in [-0.05, 0) is 30.5 Å². The van der Waals surface area contributed by atoms with Crippen molar-refractivity contribution in [2.75, 3.05) is 6.54 Å². The third-order valence-electron chi connectivity index (χ3n) is 4.42. The van der Waals surface area contributed by atoms with Gasteiger partial charge >= 0.3 is 0 Å². The van der Waals surface area contributed by atoms with E-state index >= 15 is 0 Å². The van der Waals surface area contributed by atoms with Gasteiger partial charge in [-0.1, -0.05) is 35.9 Å². The van der Waals surface area contributed by atoms with Crippen molar-refractivity contribution in [1.82, 2.24) is 5.32 Å². The van der Waals surface area contributed by atoms with Gasteiger partial charge in [-0.2, -0.15) is 0 Å². The maximum atomic E-state index is 6.03. The standard InChI is InChI=1S/C15H17NO/c1-2-4-12-11(3-1)9-17-13-6-5-10-7-8-16-15(10)14(12)13/h1-5,13-16H,6-9H2. The van der Waals surface area contributed by atoms with Crippen molar-refractivity contribution in [3.05, 3.63) is 47.0 Å². The lowest BCUT2D eigenvalue weighted by Crippen LogP contribution is -2.43. The van der Waals surface area contributed by atoms with Gasteiger partial charge in [0.1, 0.15) is 0 Å². The van der Waals surface area contributed by atoms with E-state index in [-0.39, 0.29) is 0 Å². The fraction of sp³-hybridized carbons (Fsp3) is 0.467. The molecule has 0 radical (unpaired) electrons. The third-order valence-corrected chi connectivity index (χ3v) is 4.42. The van der Waals surface area contributed by atoms with Crippen molar-refractivity contribution in [1.29, 1.82) is 0 Å². The topological polar surface area (TPSA) is 21.3 Å². The zero-order chi connectivity index (χ0) is 11.2. The molecular weight excluding hydrogens is 210 g/mol. The van der Waals surface area contributed by atoms with Crippen LogP contribution in [0.15, 0.2) is 35.9 Å². The summed E-state index contributed by atoms with van der Waals surface area (Å²) in [6.45, 7) is 1.91. The lowest BCUT2D eigenvalue weighted by molar-refractivity contribution is 0.00101. The van der Waals surface area contributed by atoms with Crippen LogP contribution in [0, 0.1) is 0 Å². The maximum absolute atomic E-state index is 6.03. The van der Waals surface area contributed by atoms with Gasteiger partial charge in [0.05, 0.1) is 12.7 Å². The van der Waals surface area contributed by atoms with Crippen LogP contribution in [-0.2, 0) is 11.3 Å². The third kappa shape index (κ3) is 1.41. The average Bonchev–Trinajstić information content (AvgIpc) is 2.86. The highest BCUT2D eigenvalue weighted by Crippen LogP contribution is 2.42. The number of hydrogen-bond donors (Lipinski definition) is 1. The maximum Gasteiger partial charge on any atom is 0.0723 e. The Morgan fingerprint density at radius 3 is 3.18 bits per heavy atom. The molecule has 0 spiro atoms. The molecule has 2 nitrogen and oxygen atoms in total. The summed E-state index contributed by atoms with van der Waals surface area (Å²) >= 11 is 0. The molecule has 0 amide bonds. The van der Waals surface area contributed by atoms with Gasteiger partial charge < -0.3 is 10.1 Å². The minimum atomic E-state index is 0.379. The first-order valence-corrected chi connectivity index (χ1v) is 6.55. The number of fused-ring (bicyclic) bond motifs is 5. The van der Waals surface area contributed by atoms with Gasteiger partial charge in [-0.3, -0.25) is 0 Å². The largest absolute Gasteiger partial charge is 0.372 e. The fourth-order valence-electron chi connectivity index (χ4n) is 3.61. The van der Waals surface area contributed by atoms with Gasteiger partial charge in [0, 0.05) is 12.0 Å². The molecule has 2 heterocycles. The summed E-state index contributed by atoms with van der Waals surface area (Å²) < 4.78 is 6.03. The van der Waals surface area contributed by atoms with Crippen LogP contribution in [0.5, 0.6) is 0 Å². The number of ether oxygens (including phenoxy) is 1. The molecule has 0 bridgehead atoms. The quantitative estimate of drug-likeness (QED) is 0.687. The van der Waals surface area contributed by atoms with E-state index < -0.39 is 0 Å². The fourth-order valence-corrected chi connectivity index (χ4v) is 3.61. The predicted octanol–water partition coefficient (Wildman–Crippen LogP) is 2.36. The van der Waals surface area contributed by atoms with Crippen LogP contribution in [0.2, 0.25) is 0 Å². The minimum absolute atomic E-state index is 0.379. The Labute approximate surface area is 102 Å². The van der Waals surface area contributed by atoms with Crippen LogP contribution in [-0.4, -0.2) is 18.7 Å². The van der Waals surface area contributed by atoms with E-state index in [2.05, 4.69) is 35.7 Å². The van der Waals surface area contributed by atoms with Crippen LogP contribution in [0.3, 0.4) is 0 Å². The zero-order valence-corrected chi connectivity index (χ0v) is 9.86. The first-order chi connectivity index (χ1) is 8.43. The first-order valence-electron chi connectivity index (χ1n) is 6.55. The van der Waals surface area contributed by atoms with Gasteiger partial charge in [-0.25, -0.2) is 0 Å². The van der Waals surface area contributed by atoms with E-state index in [0.717, 1.165) is 19.6 Å². The Hall–Kier alpha value is -1.12. The van der Waals surface area contributed by atoms with Gasteiger partial charge in [0.25, 0.3) is 0 Å². The van der Waals surface area contributed by atoms with Crippen LogP contribution in [0.25, 0.3) is 0 Å². The second-order valence-corrected chi connectivity index (χ2v) is 5.27. The Kier molecular flexibility index (Phi) is 2.14. The molecule has 1 fully saturated rings. The minimum Gasteiger partial charge on any atom is -0.372 e. The molecule has 2 aliphatic heterocycles. The van der Waals surface area contributed by atoms with Crippen molar-refractivity contribution in [3.8, 4) is 0 Å². The molecule has 1 saturated heterocycles. The highest BCUT2D eigenvalue weighted by atomic mass is 16.5. The molecule has 3 aliphatic rings. The molecule has 1 aromatic rings. The molecule has 17 heavy (non-hydrogen) atoms. The molecule has 4 rings (SSSR count). The van der Waals surface area contributed by atoms with Crippen molar-refractivity contribution < 1.29 is 4.74 Å². The highest BCUT2D eigenvalue weighted by molar-refractivity contribution is 5.39. The van der Waals surface area contributed by atoms with Gasteiger partial charge in [0.2, 0.25) is 0 Å². The van der Waals surface area contributed by atoms with Crippen LogP contribution < -0.4 is 5.32 Å². The highest BCUT2D eigenvalue weighted by Gasteiger charge is 2.41. The molecule has 88 valence electrons. The molecule has 3 unspecified atom stereocenters. The van der Waals surface area contributed by atoms with Crippen molar-refractivity contribution in [2.45, 2.75) is 37.5 Å². The summed E-state index contributed by atoms with van der Waals surface area (Å²) in [4.78, 5) is 0. The molecular formula is C15H17NO. The summed E-state index contributed by atoms with van der Waals surface area (Å²) in [7, 11) is 0. The monoisotopic (exact) mass is 227 g/mol. The lowest BCUT2D eigenvalue weighted by Gasteiger charge is -2.40. The molecule has 1 N–H and O–H groups in total. The normalized spacial score (nSPS) is 34.6. The molecule has 3 atom stereocenters. The summed E-state index contributed by atoms with van der Waals surface area (Å²) in [6, 6.07) is 9.30. The number of benzene rings is 1. The van der Waals surface area contributed by atoms with E-state index in [4.69, 9.17) is 4.74 Å². The van der Waals surface area contributed by atoms with Crippen LogP contribution >= 0.6 is 0 Å². The van der Waals surface area contributed by atoms with Crippen LogP contribution in [0.4, 0.5) is 0 Å². The van der Waals surface area contributed by atoms with Gasteiger partial charge in [-0.15, -0.1) is 0 Å². The smallest absolute Gasteiger partial charge is 0.0723 e. The SMILES string of the molecule is C1=C2CCNC2C2c3ccccc3COC2C1. The van der Waals surface area contributed by atoms with Crippen molar-refractivity contribution in [3.63, 3.8) is 0 Å². The van der Waals surface area contributed by atoms with E-state index in [1.54, 1.807) is 5.57 Å². The summed E-state index contributed by atoms with van der Waals surface area (Å²) in [5, 5.41) is 3.65. The lowest BCUT2D eigenvalue weighted by atomic mass is 9.75. The Morgan fingerprint density at radius 2 is 2.18 bits per heavy atom. The molecule has 1 aliphatic carbocycles. The molecule has 0 aromatic heterocycles. The van der Waals surface area contributed by atoms with Crippen molar-refractivity contribution >= 4 is 0 Å². The predicted molar refractivity (Wildman–Crippen MR) is 66.9 cm³/mol.